The lowest BCUT2D eigenvalue weighted by Crippen LogP contribution is -2.34. The van der Waals surface area contributed by atoms with E-state index in [2.05, 4.69) is 5.32 Å². The van der Waals surface area contributed by atoms with Gasteiger partial charge >= 0.3 is 6.09 Å². The van der Waals surface area contributed by atoms with Crippen LogP contribution in [0.25, 0.3) is 0 Å². The van der Waals surface area contributed by atoms with Gasteiger partial charge in [-0.3, -0.25) is 0 Å². The predicted molar refractivity (Wildman–Crippen MR) is 82.9 cm³/mol. The van der Waals surface area contributed by atoms with Crippen LogP contribution >= 0.6 is 11.6 Å². The van der Waals surface area contributed by atoms with Crippen LogP contribution in [0.1, 0.15) is 38.9 Å². The van der Waals surface area contributed by atoms with Gasteiger partial charge in [0.2, 0.25) is 0 Å². The number of aliphatic hydroxyl groups excluding tert-OH is 2. The number of ether oxygens (including phenoxy) is 1. The molecule has 0 aromatic heterocycles. The van der Waals surface area contributed by atoms with Crippen molar-refractivity contribution in [1.29, 1.82) is 0 Å². The quantitative estimate of drug-likeness (QED) is 0.654. The Morgan fingerprint density at radius 3 is 2.57 bits per heavy atom. The molecule has 0 aliphatic carbocycles. The SMILES string of the molecule is CC(C)(C)OC(=O)NCCC(O)C(O)c1cc(Cl)cc(F)c1O. The maximum Gasteiger partial charge on any atom is 0.407 e. The van der Waals surface area contributed by atoms with Gasteiger partial charge in [-0.1, -0.05) is 11.6 Å². The summed E-state index contributed by atoms with van der Waals surface area (Å²) in [7, 11) is 0. The zero-order valence-corrected chi connectivity index (χ0v) is 13.9. The van der Waals surface area contributed by atoms with E-state index in [1.54, 1.807) is 20.8 Å². The van der Waals surface area contributed by atoms with Crippen LogP contribution in [0.2, 0.25) is 5.02 Å². The number of benzene rings is 1. The van der Waals surface area contributed by atoms with E-state index in [9.17, 15) is 24.5 Å². The topological polar surface area (TPSA) is 99.0 Å². The molecule has 0 saturated heterocycles. The van der Waals surface area contributed by atoms with Crippen LogP contribution in [0.4, 0.5) is 9.18 Å². The van der Waals surface area contributed by atoms with Gasteiger partial charge in [0.05, 0.1) is 6.10 Å². The lowest BCUT2D eigenvalue weighted by atomic mass is 10.0. The maximum absolute atomic E-state index is 13.4. The van der Waals surface area contributed by atoms with Crippen LogP contribution in [0.5, 0.6) is 5.75 Å². The number of halogens is 2. The average Bonchev–Trinajstić information content (AvgIpc) is 2.39. The molecule has 2 unspecified atom stereocenters. The fraction of sp³-hybridized carbons (Fsp3) is 0.533. The summed E-state index contributed by atoms with van der Waals surface area (Å²) in [6, 6.07) is 2.05. The molecule has 23 heavy (non-hydrogen) atoms. The fourth-order valence-corrected chi connectivity index (χ4v) is 2.03. The molecule has 0 fully saturated rings. The summed E-state index contributed by atoms with van der Waals surface area (Å²) < 4.78 is 18.4. The minimum atomic E-state index is -1.55. The minimum absolute atomic E-state index is 0.0200. The highest BCUT2D eigenvalue weighted by molar-refractivity contribution is 6.30. The second-order valence-corrected chi connectivity index (χ2v) is 6.49. The Bertz CT molecular complexity index is 562. The first-order valence-electron chi connectivity index (χ1n) is 7.02. The number of carbonyl (C=O) groups is 1. The van der Waals surface area contributed by atoms with Crippen molar-refractivity contribution in [3.05, 3.63) is 28.5 Å². The van der Waals surface area contributed by atoms with Crippen molar-refractivity contribution in [3.8, 4) is 5.75 Å². The monoisotopic (exact) mass is 349 g/mol. The Labute approximate surface area is 138 Å². The third-order valence-electron chi connectivity index (χ3n) is 2.85. The number of hydrogen-bond acceptors (Lipinski definition) is 5. The molecule has 1 aromatic carbocycles. The predicted octanol–water partition coefficient (Wildman–Crippen LogP) is 2.49. The van der Waals surface area contributed by atoms with E-state index in [1.807, 2.05) is 0 Å². The summed E-state index contributed by atoms with van der Waals surface area (Å²) in [5, 5.41) is 31.9. The number of aromatic hydroxyl groups is 1. The van der Waals surface area contributed by atoms with Gasteiger partial charge in [-0.15, -0.1) is 0 Å². The summed E-state index contributed by atoms with van der Waals surface area (Å²) in [6.45, 7) is 5.15. The molecule has 0 radical (unpaired) electrons. The van der Waals surface area contributed by atoms with Gasteiger partial charge in [0, 0.05) is 17.1 Å². The van der Waals surface area contributed by atoms with E-state index >= 15 is 0 Å². The second-order valence-electron chi connectivity index (χ2n) is 6.05. The maximum atomic E-state index is 13.4. The first-order chi connectivity index (χ1) is 10.5. The summed E-state index contributed by atoms with van der Waals surface area (Å²) in [5.41, 5.74) is -0.869. The standard InChI is InChI=1S/C15H21ClFNO5/c1-15(2,3)23-14(22)18-5-4-11(19)13(21)9-6-8(16)7-10(17)12(9)20/h6-7,11,13,19-21H,4-5H2,1-3H3,(H,18,22). The lowest BCUT2D eigenvalue weighted by molar-refractivity contribution is 0.0108. The first kappa shape index (κ1) is 19.5. The van der Waals surface area contributed by atoms with Crippen molar-refractivity contribution < 1.29 is 29.2 Å². The molecule has 1 amide bonds. The molecule has 1 rings (SSSR count). The van der Waals surface area contributed by atoms with Gasteiger partial charge in [-0.05, 0) is 39.3 Å². The Morgan fingerprint density at radius 1 is 1.39 bits per heavy atom. The van der Waals surface area contributed by atoms with Crippen molar-refractivity contribution in [1.82, 2.24) is 5.32 Å². The molecule has 2 atom stereocenters. The van der Waals surface area contributed by atoms with Crippen molar-refractivity contribution >= 4 is 17.7 Å². The van der Waals surface area contributed by atoms with Gasteiger partial charge in [0.1, 0.15) is 11.7 Å². The van der Waals surface area contributed by atoms with Crippen LogP contribution in [0.15, 0.2) is 12.1 Å². The van der Waals surface area contributed by atoms with Crippen LogP contribution in [-0.4, -0.2) is 39.7 Å². The van der Waals surface area contributed by atoms with Crippen LogP contribution in [0.3, 0.4) is 0 Å². The van der Waals surface area contributed by atoms with Crippen LogP contribution in [0, 0.1) is 5.82 Å². The van der Waals surface area contributed by atoms with E-state index < -0.39 is 35.5 Å². The molecule has 0 bridgehead atoms. The van der Waals surface area contributed by atoms with Gasteiger partial charge in [0.15, 0.2) is 11.6 Å². The van der Waals surface area contributed by atoms with E-state index in [4.69, 9.17) is 16.3 Å². The van der Waals surface area contributed by atoms with Gasteiger partial charge in [0.25, 0.3) is 0 Å². The number of nitrogens with one attached hydrogen (secondary N) is 1. The van der Waals surface area contributed by atoms with Gasteiger partial charge in [-0.25, -0.2) is 9.18 Å². The third kappa shape index (κ3) is 6.21. The van der Waals surface area contributed by atoms with E-state index in [1.165, 1.54) is 0 Å². The molecule has 0 heterocycles. The number of carbonyl (C=O) groups excluding carboxylic acids is 1. The van der Waals surface area contributed by atoms with Crippen molar-refractivity contribution in [2.24, 2.45) is 0 Å². The zero-order chi connectivity index (χ0) is 17.8. The molecule has 4 N–H and O–H groups in total. The Morgan fingerprint density at radius 2 is 2.00 bits per heavy atom. The van der Waals surface area contributed by atoms with Gasteiger partial charge < -0.3 is 25.4 Å². The van der Waals surface area contributed by atoms with Crippen molar-refractivity contribution in [2.75, 3.05) is 6.54 Å². The minimum Gasteiger partial charge on any atom is -0.505 e. The molecule has 8 heteroatoms. The highest BCUT2D eigenvalue weighted by Crippen LogP contribution is 2.32. The summed E-state index contributed by atoms with van der Waals surface area (Å²) in [5.74, 6) is -1.77. The van der Waals surface area contributed by atoms with Crippen LogP contribution < -0.4 is 5.32 Å². The van der Waals surface area contributed by atoms with Crippen molar-refractivity contribution in [3.63, 3.8) is 0 Å². The fourth-order valence-electron chi connectivity index (χ4n) is 1.81. The molecule has 0 aliphatic heterocycles. The second kappa shape index (κ2) is 7.81. The number of phenols is 1. The van der Waals surface area contributed by atoms with Crippen LogP contribution in [-0.2, 0) is 4.74 Å². The number of amides is 1. The normalized spacial score (nSPS) is 14.2. The molecule has 130 valence electrons. The van der Waals surface area contributed by atoms with E-state index in [0.29, 0.717) is 0 Å². The summed E-state index contributed by atoms with van der Waals surface area (Å²) >= 11 is 5.66. The first-order valence-corrected chi connectivity index (χ1v) is 7.40. The summed E-state index contributed by atoms with van der Waals surface area (Å²) in [4.78, 5) is 11.4. The zero-order valence-electron chi connectivity index (χ0n) is 13.1. The molecule has 1 aromatic rings. The van der Waals surface area contributed by atoms with Gasteiger partial charge in [-0.2, -0.15) is 0 Å². The molecule has 0 aliphatic rings. The molecule has 6 nitrogen and oxygen atoms in total. The van der Waals surface area contributed by atoms with E-state index in [0.717, 1.165) is 12.1 Å². The van der Waals surface area contributed by atoms with Crippen molar-refractivity contribution in [2.45, 2.75) is 45.0 Å². The third-order valence-corrected chi connectivity index (χ3v) is 3.07. The Kier molecular flexibility index (Phi) is 6.61. The molecular formula is C15H21ClFNO5. The largest absolute Gasteiger partial charge is 0.505 e. The molecule has 0 saturated carbocycles. The smallest absolute Gasteiger partial charge is 0.407 e. The summed E-state index contributed by atoms with van der Waals surface area (Å²) in [6.07, 6.45) is -3.58. The number of rotatable bonds is 5. The average molecular weight is 350 g/mol. The Balaban J connectivity index is 2.58. The lowest BCUT2D eigenvalue weighted by Gasteiger charge is -2.21. The molecule has 0 spiro atoms. The highest BCUT2D eigenvalue weighted by atomic mass is 35.5. The Hall–Kier alpha value is -1.57. The molecular weight excluding hydrogens is 329 g/mol. The van der Waals surface area contributed by atoms with E-state index in [-0.39, 0.29) is 23.6 Å². The number of alkyl carbamates (subject to hydrolysis) is 1. The highest BCUT2D eigenvalue weighted by Gasteiger charge is 2.24. The number of aliphatic hydroxyl groups is 2. The number of phenolic OH excluding ortho intramolecular Hbond substituents is 1. The number of hydrogen-bond donors (Lipinski definition) is 4.